The maximum atomic E-state index is 14.2. The maximum Gasteiger partial charge on any atom is 0.255 e. The van der Waals surface area contributed by atoms with Crippen LogP contribution in [0.2, 0.25) is 0 Å². The van der Waals surface area contributed by atoms with E-state index in [1.165, 1.54) is 29.3 Å². The number of pyridine rings is 1. The number of carbonyl (C=O) groups is 1. The van der Waals surface area contributed by atoms with Gasteiger partial charge in [0.1, 0.15) is 12.1 Å². The first kappa shape index (κ1) is 18.4. The average Bonchev–Trinajstić information content (AvgIpc) is 3.42. The van der Waals surface area contributed by atoms with Gasteiger partial charge in [-0.1, -0.05) is 0 Å². The van der Waals surface area contributed by atoms with Crippen molar-refractivity contribution < 1.29 is 13.9 Å². The first-order valence-electron chi connectivity index (χ1n) is 9.50. The van der Waals surface area contributed by atoms with Crippen molar-refractivity contribution in [2.75, 3.05) is 19.7 Å². The van der Waals surface area contributed by atoms with Gasteiger partial charge in [-0.2, -0.15) is 10.2 Å². The molecule has 4 aromatic rings. The van der Waals surface area contributed by atoms with Gasteiger partial charge < -0.3 is 9.64 Å². The molecule has 152 valence electrons. The molecule has 1 aromatic carbocycles. The van der Waals surface area contributed by atoms with Crippen molar-refractivity contribution >= 4 is 16.9 Å². The fraction of sp³-hybridized carbons (Fsp3) is 0.250. The first-order valence-corrected chi connectivity index (χ1v) is 9.50. The number of H-pyrrole nitrogens is 1. The summed E-state index contributed by atoms with van der Waals surface area (Å²) in [7, 11) is 0. The van der Waals surface area contributed by atoms with E-state index in [0.29, 0.717) is 53.4 Å². The lowest BCUT2D eigenvalue weighted by Gasteiger charge is -2.31. The van der Waals surface area contributed by atoms with Crippen LogP contribution >= 0.6 is 0 Å². The van der Waals surface area contributed by atoms with Crippen LogP contribution < -0.4 is 0 Å². The lowest BCUT2D eigenvalue weighted by molar-refractivity contribution is -0.0124. The number of aromatic nitrogens is 6. The second-order valence-electron chi connectivity index (χ2n) is 7.16. The highest BCUT2D eigenvalue weighted by Gasteiger charge is 2.23. The molecule has 30 heavy (non-hydrogen) atoms. The van der Waals surface area contributed by atoms with E-state index < -0.39 is 5.82 Å². The molecular formula is C20H18FN7O2. The Balaban J connectivity index is 1.50. The fourth-order valence-electron chi connectivity index (χ4n) is 3.59. The van der Waals surface area contributed by atoms with Crippen LogP contribution in [-0.4, -0.2) is 66.6 Å². The number of rotatable bonds is 3. The monoisotopic (exact) mass is 407 g/mol. The molecule has 1 amide bonds. The SMILES string of the molecule is C[C@@H]1CN(C(=O)c2cnc3c(cnn3-c3cc(F)cc(-c4ncn[nH]4)c3)c2)CCO1. The van der Waals surface area contributed by atoms with Gasteiger partial charge in [-0.3, -0.25) is 9.89 Å². The smallest absolute Gasteiger partial charge is 0.255 e. The van der Waals surface area contributed by atoms with Crippen LogP contribution in [0.3, 0.4) is 0 Å². The van der Waals surface area contributed by atoms with E-state index >= 15 is 0 Å². The molecule has 3 aromatic heterocycles. The van der Waals surface area contributed by atoms with Gasteiger partial charge >= 0.3 is 0 Å². The van der Waals surface area contributed by atoms with Crippen molar-refractivity contribution in [3.63, 3.8) is 0 Å². The van der Waals surface area contributed by atoms with Crippen molar-refractivity contribution in [3.05, 3.63) is 54.4 Å². The molecule has 1 aliphatic heterocycles. The van der Waals surface area contributed by atoms with Gasteiger partial charge in [-0.15, -0.1) is 0 Å². The summed E-state index contributed by atoms with van der Waals surface area (Å²) in [4.78, 5) is 23.1. The van der Waals surface area contributed by atoms with E-state index in [4.69, 9.17) is 4.74 Å². The molecule has 0 radical (unpaired) electrons. The average molecular weight is 407 g/mol. The number of morpholine rings is 1. The van der Waals surface area contributed by atoms with Crippen molar-refractivity contribution in [2.24, 2.45) is 0 Å². The molecule has 0 spiro atoms. The number of benzene rings is 1. The summed E-state index contributed by atoms with van der Waals surface area (Å²) < 4.78 is 21.3. The van der Waals surface area contributed by atoms with E-state index in [1.807, 2.05) is 6.92 Å². The molecule has 0 unspecified atom stereocenters. The molecular weight excluding hydrogens is 389 g/mol. The summed E-state index contributed by atoms with van der Waals surface area (Å²) in [6.07, 6.45) is 4.51. The van der Waals surface area contributed by atoms with Crippen molar-refractivity contribution in [1.82, 2.24) is 34.8 Å². The fourth-order valence-corrected chi connectivity index (χ4v) is 3.59. The lowest BCUT2D eigenvalue weighted by Crippen LogP contribution is -2.44. The number of nitrogens with one attached hydrogen (secondary N) is 1. The normalized spacial score (nSPS) is 16.9. The quantitative estimate of drug-likeness (QED) is 0.559. The molecule has 9 nitrogen and oxygen atoms in total. The highest BCUT2D eigenvalue weighted by Crippen LogP contribution is 2.24. The van der Waals surface area contributed by atoms with Crippen molar-refractivity contribution in [1.29, 1.82) is 0 Å². The predicted octanol–water partition coefficient (Wildman–Crippen LogP) is 2.21. The minimum atomic E-state index is -0.434. The number of hydrogen-bond acceptors (Lipinski definition) is 6. The molecule has 1 fully saturated rings. The molecule has 0 aliphatic carbocycles. The zero-order valence-electron chi connectivity index (χ0n) is 16.1. The van der Waals surface area contributed by atoms with Crippen LogP contribution in [0.15, 0.2) is 43.0 Å². The zero-order valence-corrected chi connectivity index (χ0v) is 16.1. The Morgan fingerprint density at radius 2 is 2.13 bits per heavy atom. The molecule has 10 heteroatoms. The highest BCUT2D eigenvalue weighted by molar-refractivity contribution is 5.97. The van der Waals surface area contributed by atoms with Crippen LogP contribution in [0.5, 0.6) is 0 Å². The number of amides is 1. The topological polar surface area (TPSA) is 102 Å². The Hall–Kier alpha value is -3.66. The molecule has 1 aliphatic rings. The Kier molecular flexibility index (Phi) is 4.47. The van der Waals surface area contributed by atoms with Gasteiger partial charge in [0, 0.05) is 30.2 Å². The molecule has 5 rings (SSSR count). The Labute approximate surface area is 170 Å². The van der Waals surface area contributed by atoms with Crippen molar-refractivity contribution in [2.45, 2.75) is 13.0 Å². The third-order valence-electron chi connectivity index (χ3n) is 5.00. The van der Waals surface area contributed by atoms with E-state index in [-0.39, 0.29) is 12.0 Å². The second kappa shape index (κ2) is 7.30. The van der Waals surface area contributed by atoms with E-state index in [9.17, 15) is 9.18 Å². The first-order chi connectivity index (χ1) is 14.6. The summed E-state index contributed by atoms with van der Waals surface area (Å²) in [6.45, 7) is 3.56. The van der Waals surface area contributed by atoms with E-state index in [1.54, 1.807) is 23.2 Å². The molecule has 0 bridgehead atoms. The lowest BCUT2D eigenvalue weighted by atomic mass is 10.1. The number of carbonyl (C=O) groups excluding carboxylic acids is 1. The van der Waals surface area contributed by atoms with Gasteiger partial charge in [-0.25, -0.2) is 19.0 Å². The summed E-state index contributed by atoms with van der Waals surface area (Å²) >= 11 is 0. The second-order valence-corrected chi connectivity index (χ2v) is 7.16. The Bertz CT molecular complexity index is 1220. The molecule has 4 heterocycles. The zero-order chi connectivity index (χ0) is 20.7. The van der Waals surface area contributed by atoms with Crippen LogP contribution in [0.1, 0.15) is 17.3 Å². The summed E-state index contributed by atoms with van der Waals surface area (Å²) in [5.74, 6) is -0.0748. The minimum Gasteiger partial charge on any atom is -0.375 e. The number of aromatic amines is 1. The predicted molar refractivity (Wildman–Crippen MR) is 106 cm³/mol. The van der Waals surface area contributed by atoms with Crippen LogP contribution in [-0.2, 0) is 4.74 Å². The Morgan fingerprint density at radius 1 is 1.23 bits per heavy atom. The number of halogens is 1. The molecule has 1 atom stereocenters. The third-order valence-corrected chi connectivity index (χ3v) is 5.00. The Morgan fingerprint density at radius 3 is 2.93 bits per heavy atom. The van der Waals surface area contributed by atoms with Crippen LogP contribution in [0.4, 0.5) is 4.39 Å². The van der Waals surface area contributed by atoms with Crippen LogP contribution in [0.25, 0.3) is 28.1 Å². The van der Waals surface area contributed by atoms with Gasteiger partial charge in [0.15, 0.2) is 11.5 Å². The summed E-state index contributed by atoms with van der Waals surface area (Å²) in [6, 6.07) is 6.22. The molecule has 1 N–H and O–H groups in total. The van der Waals surface area contributed by atoms with Gasteiger partial charge in [0.2, 0.25) is 0 Å². The third kappa shape index (κ3) is 3.30. The van der Waals surface area contributed by atoms with Gasteiger partial charge in [0.25, 0.3) is 5.91 Å². The number of ether oxygens (including phenoxy) is 1. The van der Waals surface area contributed by atoms with Crippen LogP contribution in [0, 0.1) is 5.82 Å². The molecule has 1 saturated heterocycles. The van der Waals surface area contributed by atoms with Gasteiger partial charge in [0.05, 0.1) is 30.2 Å². The van der Waals surface area contributed by atoms with E-state index in [2.05, 4.69) is 25.3 Å². The number of nitrogens with zero attached hydrogens (tertiary/aromatic N) is 6. The largest absolute Gasteiger partial charge is 0.375 e. The maximum absolute atomic E-state index is 14.2. The van der Waals surface area contributed by atoms with Gasteiger partial charge in [-0.05, 0) is 31.2 Å². The van der Waals surface area contributed by atoms with E-state index in [0.717, 1.165) is 0 Å². The van der Waals surface area contributed by atoms with Crippen molar-refractivity contribution in [3.8, 4) is 17.1 Å². The minimum absolute atomic E-state index is 0.00803. The number of hydrogen-bond donors (Lipinski definition) is 1. The number of fused-ring (bicyclic) bond motifs is 1. The summed E-state index contributed by atoms with van der Waals surface area (Å²) in [5, 5.41) is 11.6. The summed E-state index contributed by atoms with van der Waals surface area (Å²) in [5.41, 5.74) is 2.04. The highest BCUT2D eigenvalue weighted by atomic mass is 19.1. The molecule has 0 saturated carbocycles. The standard InChI is InChI=1S/C20H18FN7O2/c1-12-10-27(2-3-30-12)20(29)15-4-14-9-25-28(19(14)22-8-15)17-6-13(5-16(21)7-17)18-23-11-24-26-18/h4-9,11-12H,2-3,10H2,1H3,(H,23,24,26)/t12-/m1/s1.